The predicted octanol–water partition coefficient (Wildman–Crippen LogP) is 1.87. The number of hydrogen-bond donors (Lipinski definition) is 0. The molecule has 0 radical (unpaired) electrons. The molecule has 2 aromatic rings. The van der Waals surface area contributed by atoms with E-state index in [1.165, 1.54) is 0 Å². The van der Waals surface area contributed by atoms with Crippen LogP contribution in [0.1, 0.15) is 23.3 Å². The smallest absolute Gasteiger partial charge is 0.270 e. The van der Waals surface area contributed by atoms with Crippen LogP contribution in [-0.2, 0) is 11.8 Å². The van der Waals surface area contributed by atoms with Crippen molar-refractivity contribution < 1.29 is 14.3 Å². The third kappa shape index (κ3) is 2.78. The molecule has 126 valence electrons. The van der Waals surface area contributed by atoms with Crippen LogP contribution in [0.3, 0.4) is 0 Å². The molecule has 2 aliphatic rings. The van der Waals surface area contributed by atoms with Gasteiger partial charge in [-0.2, -0.15) is 0 Å². The van der Waals surface area contributed by atoms with Gasteiger partial charge in [0.1, 0.15) is 17.5 Å². The first-order valence-corrected chi connectivity index (χ1v) is 8.26. The van der Waals surface area contributed by atoms with E-state index in [0.29, 0.717) is 18.8 Å². The number of aryl methyl sites for hydroxylation is 1. The molecular formula is C18H21N3O3. The van der Waals surface area contributed by atoms with Crippen LogP contribution in [-0.4, -0.2) is 51.8 Å². The van der Waals surface area contributed by atoms with E-state index in [1.807, 2.05) is 47.0 Å². The van der Waals surface area contributed by atoms with Gasteiger partial charge in [-0.25, -0.2) is 0 Å². The van der Waals surface area contributed by atoms with Crippen molar-refractivity contribution in [2.45, 2.75) is 24.5 Å². The molecule has 4 rings (SSSR count). The standard InChI is InChI=1S/C18H21N3O3/c1-20-8-3-5-16(20)17(22)21-9-6-18(13-21)10-15(12-23-18)24-14-4-2-7-19-11-14/h2-5,7-8,11,15H,6,9-10,12-13H2,1H3/t15-,18+/m1/s1. The highest BCUT2D eigenvalue weighted by molar-refractivity contribution is 5.93. The lowest BCUT2D eigenvalue weighted by atomic mass is 9.98. The summed E-state index contributed by atoms with van der Waals surface area (Å²) in [6, 6.07) is 7.51. The minimum Gasteiger partial charge on any atom is -0.486 e. The van der Waals surface area contributed by atoms with E-state index in [2.05, 4.69) is 4.98 Å². The molecule has 24 heavy (non-hydrogen) atoms. The second kappa shape index (κ2) is 5.94. The average molecular weight is 327 g/mol. The van der Waals surface area contributed by atoms with Crippen molar-refractivity contribution in [2.24, 2.45) is 7.05 Å². The molecule has 2 saturated heterocycles. The van der Waals surface area contributed by atoms with Gasteiger partial charge in [-0.3, -0.25) is 9.78 Å². The third-order valence-corrected chi connectivity index (χ3v) is 4.88. The summed E-state index contributed by atoms with van der Waals surface area (Å²) in [5.74, 6) is 0.831. The number of carbonyl (C=O) groups is 1. The molecule has 2 aromatic heterocycles. The van der Waals surface area contributed by atoms with Crippen LogP contribution < -0.4 is 4.74 Å². The lowest BCUT2D eigenvalue weighted by Crippen LogP contribution is -2.36. The SMILES string of the molecule is Cn1cccc1C(=O)N1CC[C@]2(C[C@@H](Oc3cccnc3)CO2)C1. The number of hydrogen-bond acceptors (Lipinski definition) is 4. The Balaban J connectivity index is 1.40. The molecule has 0 N–H and O–H groups in total. The van der Waals surface area contributed by atoms with Crippen molar-refractivity contribution in [3.05, 3.63) is 48.5 Å². The summed E-state index contributed by atoms with van der Waals surface area (Å²) in [7, 11) is 1.89. The van der Waals surface area contributed by atoms with Crippen molar-refractivity contribution in [2.75, 3.05) is 19.7 Å². The van der Waals surface area contributed by atoms with E-state index < -0.39 is 0 Å². The largest absolute Gasteiger partial charge is 0.486 e. The van der Waals surface area contributed by atoms with Gasteiger partial charge >= 0.3 is 0 Å². The summed E-state index contributed by atoms with van der Waals surface area (Å²) in [6.45, 7) is 1.91. The van der Waals surface area contributed by atoms with Crippen LogP contribution in [0, 0.1) is 0 Å². The number of ether oxygens (including phenoxy) is 2. The molecule has 2 aliphatic heterocycles. The summed E-state index contributed by atoms with van der Waals surface area (Å²) >= 11 is 0. The quantitative estimate of drug-likeness (QED) is 0.864. The molecule has 1 spiro atoms. The van der Waals surface area contributed by atoms with Gasteiger partial charge in [0.25, 0.3) is 5.91 Å². The maximum atomic E-state index is 12.7. The molecule has 0 saturated carbocycles. The topological polar surface area (TPSA) is 56.6 Å². The minimum absolute atomic E-state index is 0.0132. The molecule has 4 heterocycles. The fourth-order valence-electron chi connectivity index (χ4n) is 3.64. The first-order chi connectivity index (χ1) is 11.7. The third-order valence-electron chi connectivity index (χ3n) is 4.88. The van der Waals surface area contributed by atoms with Gasteiger partial charge in [-0.15, -0.1) is 0 Å². The Morgan fingerprint density at radius 1 is 1.42 bits per heavy atom. The van der Waals surface area contributed by atoms with Crippen molar-refractivity contribution in [1.29, 1.82) is 0 Å². The summed E-state index contributed by atoms with van der Waals surface area (Å²) < 4.78 is 13.9. The Bertz CT molecular complexity index is 730. The van der Waals surface area contributed by atoms with Gasteiger partial charge in [0, 0.05) is 32.4 Å². The highest BCUT2D eigenvalue weighted by atomic mass is 16.6. The van der Waals surface area contributed by atoms with Crippen LogP contribution in [0.25, 0.3) is 0 Å². The maximum absolute atomic E-state index is 12.7. The number of nitrogens with zero attached hydrogens (tertiary/aromatic N) is 3. The Hall–Kier alpha value is -2.34. The first kappa shape index (κ1) is 15.2. The van der Waals surface area contributed by atoms with E-state index in [0.717, 1.165) is 25.1 Å². The van der Waals surface area contributed by atoms with E-state index in [-0.39, 0.29) is 17.6 Å². The molecule has 2 atom stereocenters. The molecule has 2 fully saturated rings. The zero-order valence-corrected chi connectivity index (χ0v) is 13.7. The van der Waals surface area contributed by atoms with Crippen LogP contribution >= 0.6 is 0 Å². The number of rotatable bonds is 3. The molecule has 1 amide bonds. The summed E-state index contributed by atoms with van der Waals surface area (Å²) in [5.41, 5.74) is 0.446. The van der Waals surface area contributed by atoms with Crippen molar-refractivity contribution in [3.63, 3.8) is 0 Å². The Kier molecular flexibility index (Phi) is 3.76. The van der Waals surface area contributed by atoms with E-state index in [9.17, 15) is 4.79 Å². The maximum Gasteiger partial charge on any atom is 0.270 e. The highest BCUT2D eigenvalue weighted by Gasteiger charge is 2.47. The van der Waals surface area contributed by atoms with Gasteiger partial charge in [-0.1, -0.05) is 0 Å². The van der Waals surface area contributed by atoms with Gasteiger partial charge < -0.3 is 18.9 Å². The fourth-order valence-corrected chi connectivity index (χ4v) is 3.64. The summed E-state index contributed by atoms with van der Waals surface area (Å²) in [4.78, 5) is 18.6. The normalized spacial score (nSPS) is 26.2. The molecule has 6 heteroatoms. The van der Waals surface area contributed by atoms with Gasteiger partial charge in [0.2, 0.25) is 0 Å². The molecule has 0 unspecified atom stereocenters. The Morgan fingerprint density at radius 3 is 3.08 bits per heavy atom. The fraction of sp³-hybridized carbons (Fsp3) is 0.444. The zero-order chi connectivity index (χ0) is 16.6. The average Bonchev–Trinajstić information content (AvgIpc) is 3.30. The van der Waals surface area contributed by atoms with Crippen molar-refractivity contribution >= 4 is 5.91 Å². The molecule has 6 nitrogen and oxygen atoms in total. The predicted molar refractivity (Wildman–Crippen MR) is 87.9 cm³/mol. The van der Waals surface area contributed by atoms with E-state index in [1.54, 1.807) is 12.4 Å². The Morgan fingerprint density at radius 2 is 2.33 bits per heavy atom. The monoisotopic (exact) mass is 327 g/mol. The van der Waals surface area contributed by atoms with E-state index in [4.69, 9.17) is 9.47 Å². The lowest BCUT2D eigenvalue weighted by molar-refractivity contribution is 0.00985. The van der Waals surface area contributed by atoms with Crippen molar-refractivity contribution in [3.8, 4) is 5.75 Å². The molecule has 0 aromatic carbocycles. The lowest BCUT2D eigenvalue weighted by Gasteiger charge is -2.23. The second-order valence-corrected chi connectivity index (χ2v) is 6.61. The van der Waals surface area contributed by atoms with Crippen LogP contribution in [0.5, 0.6) is 5.75 Å². The number of likely N-dealkylation sites (tertiary alicyclic amines) is 1. The van der Waals surface area contributed by atoms with Crippen LogP contribution in [0.2, 0.25) is 0 Å². The van der Waals surface area contributed by atoms with Crippen LogP contribution in [0.4, 0.5) is 0 Å². The van der Waals surface area contributed by atoms with Crippen molar-refractivity contribution in [1.82, 2.24) is 14.5 Å². The highest BCUT2D eigenvalue weighted by Crippen LogP contribution is 2.37. The summed E-state index contributed by atoms with van der Waals surface area (Å²) in [6.07, 6.45) is 7.01. The van der Waals surface area contributed by atoms with Gasteiger partial charge in [-0.05, 0) is 30.7 Å². The number of amides is 1. The zero-order valence-electron chi connectivity index (χ0n) is 13.7. The summed E-state index contributed by atoms with van der Waals surface area (Å²) in [5, 5.41) is 0. The van der Waals surface area contributed by atoms with Crippen LogP contribution in [0.15, 0.2) is 42.9 Å². The number of pyridine rings is 1. The van der Waals surface area contributed by atoms with E-state index >= 15 is 0 Å². The molecule has 0 bridgehead atoms. The van der Waals surface area contributed by atoms with Gasteiger partial charge in [0.15, 0.2) is 0 Å². The molecule has 0 aliphatic carbocycles. The molecular weight excluding hydrogens is 306 g/mol. The first-order valence-electron chi connectivity index (χ1n) is 8.26. The van der Waals surface area contributed by atoms with Gasteiger partial charge in [0.05, 0.1) is 24.9 Å². The number of aromatic nitrogens is 2. The Labute approximate surface area is 141 Å². The minimum atomic E-state index is -0.270. The number of carbonyl (C=O) groups excluding carboxylic acids is 1. The second-order valence-electron chi connectivity index (χ2n) is 6.61.